The third-order valence-electron chi connectivity index (χ3n) is 3.76. The summed E-state index contributed by atoms with van der Waals surface area (Å²) in [5.74, 6) is -1.85. The molecule has 3 aromatic rings. The largest absolute Gasteiger partial charge is 0.322 e. The van der Waals surface area contributed by atoms with E-state index in [4.69, 9.17) is 0 Å². The third-order valence-corrected chi connectivity index (χ3v) is 3.76. The topological polar surface area (TPSA) is 70.6 Å². The first-order valence-corrected chi connectivity index (χ1v) is 8.28. The Hall–Kier alpha value is -3.87. The molecule has 7 heteroatoms. The summed E-state index contributed by atoms with van der Waals surface area (Å²) in [6.45, 7) is 0. The van der Waals surface area contributed by atoms with Crippen LogP contribution in [-0.2, 0) is 0 Å². The molecule has 0 heterocycles. The Kier molecular flexibility index (Phi) is 5.86. The van der Waals surface area contributed by atoms with Crippen LogP contribution in [-0.4, -0.2) is 18.0 Å². The number of carbonyl (C=O) groups is 2. The quantitative estimate of drug-likeness (QED) is 0.520. The van der Waals surface area contributed by atoms with Gasteiger partial charge in [0.25, 0.3) is 11.8 Å². The summed E-state index contributed by atoms with van der Waals surface area (Å²) >= 11 is 0. The normalized spacial score (nSPS) is 10.6. The Labute approximate surface area is 159 Å². The maximum absolute atomic E-state index is 13.5. The van der Waals surface area contributed by atoms with Gasteiger partial charge >= 0.3 is 0 Å². The first kappa shape index (κ1) is 18.9. The minimum Gasteiger partial charge on any atom is -0.322 e. The van der Waals surface area contributed by atoms with Gasteiger partial charge in [0.05, 0.1) is 6.21 Å². The van der Waals surface area contributed by atoms with Crippen molar-refractivity contribution in [2.45, 2.75) is 0 Å². The number of rotatable bonds is 5. The van der Waals surface area contributed by atoms with E-state index in [0.29, 0.717) is 5.69 Å². The second kappa shape index (κ2) is 8.68. The minimum atomic E-state index is -0.523. The lowest BCUT2D eigenvalue weighted by molar-refractivity contribution is 0.0953. The number of carbonyl (C=O) groups excluding carboxylic acids is 2. The van der Waals surface area contributed by atoms with Gasteiger partial charge in [-0.25, -0.2) is 14.2 Å². The molecular weight excluding hydrogens is 364 g/mol. The summed E-state index contributed by atoms with van der Waals surface area (Å²) in [6, 6.07) is 17.3. The molecule has 28 heavy (non-hydrogen) atoms. The van der Waals surface area contributed by atoms with E-state index in [1.807, 2.05) is 0 Å². The predicted octanol–water partition coefficient (Wildman–Crippen LogP) is 3.98. The van der Waals surface area contributed by atoms with Gasteiger partial charge in [-0.05, 0) is 48.5 Å². The fraction of sp³-hybridized carbons (Fsp3) is 0. The molecule has 3 rings (SSSR count). The highest BCUT2D eigenvalue weighted by atomic mass is 19.1. The van der Waals surface area contributed by atoms with Gasteiger partial charge < -0.3 is 5.32 Å². The number of hydrogen-bond acceptors (Lipinski definition) is 3. The standard InChI is InChI=1S/C21H15F2N3O2/c22-17-10-8-14(9-11-17)20(27)25-18-6-3-5-15(12-18)21(28)26-24-13-16-4-1-2-7-19(16)23/h1-13H,(H,25,27)(H,26,28). The number of nitrogens with zero attached hydrogens (tertiary/aromatic N) is 1. The van der Waals surface area contributed by atoms with Crippen LogP contribution in [0.2, 0.25) is 0 Å². The van der Waals surface area contributed by atoms with E-state index in [0.717, 1.165) is 0 Å². The fourth-order valence-corrected chi connectivity index (χ4v) is 2.35. The number of hydrogen-bond donors (Lipinski definition) is 2. The van der Waals surface area contributed by atoms with Crippen LogP contribution in [0, 0.1) is 11.6 Å². The van der Waals surface area contributed by atoms with E-state index in [1.165, 1.54) is 48.7 Å². The number of amides is 2. The number of benzene rings is 3. The summed E-state index contributed by atoms with van der Waals surface area (Å²) in [5, 5.41) is 6.37. The Morgan fingerprint density at radius 3 is 2.32 bits per heavy atom. The van der Waals surface area contributed by atoms with Gasteiger partial charge in [0.2, 0.25) is 0 Å². The Morgan fingerprint density at radius 2 is 1.57 bits per heavy atom. The van der Waals surface area contributed by atoms with E-state index < -0.39 is 23.4 Å². The average Bonchev–Trinajstić information content (AvgIpc) is 2.70. The van der Waals surface area contributed by atoms with Crippen molar-refractivity contribution >= 4 is 23.7 Å². The van der Waals surface area contributed by atoms with Gasteiger partial charge in [-0.15, -0.1) is 0 Å². The number of hydrazone groups is 1. The van der Waals surface area contributed by atoms with Crippen molar-refractivity contribution in [1.82, 2.24) is 5.43 Å². The molecule has 0 aliphatic carbocycles. The molecule has 0 atom stereocenters. The van der Waals surface area contributed by atoms with Crippen molar-refractivity contribution in [2.24, 2.45) is 5.10 Å². The summed E-state index contributed by atoms with van der Waals surface area (Å²) in [5.41, 5.74) is 3.47. The molecular formula is C21H15F2N3O2. The maximum atomic E-state index is 13.5. The van der Waals surface area contributed by atoms with Crippen LogP contribution in [0.4, 0.5) is 14.5 Å². The Morgan fingerprint density at radius 1 is 0.821 bits per heavy atom. The lowest BCUT2D eigenvalue weighted by Crippen LogP contribution is -2.18. The highest BCUT2D eigenvalue weighted by molar-refractivity contribution is 6.05. The fourth-order valence-electron chi connectivity index (χ4n) is 2.35. The zero-order chi connectivity index (χ0) is 19.9. The molecule has 5 nitrogen and oxygen atoms in total. The van der Waals surface area contributed by atoms with Gasteiger partial charge in [0.1, 0.15) is 11.6 Å². The molecule has 0 spiro atoms. The molecule has 2 amide bonds. The van der Waals surface area contributed by atoms with Crippen molar-refractivity contribution in [3.63, 3.8) is 0 Å². The molecule has 2 N–H and O–H groups in total. The molecule has 0 aromatic heterocycles. The zero-order valence-electron chi connectivity index (χ0n) is 14.5. The van der Waals surface area contributed by atoms with Crippen molar-refractivity contribution in [2.75, 3.05) is 5.32 Å². The first-order chi connectivity index (χ1) is 13.5. The highest BCUT2D eigenvalue weighted by Crippen LogP contribution is 2.13. The monoisotopic (exact) mass is 379 g/mol. The lowest BCUT2D eigenvalue weighted by Gasteiger charge is -2.07. The van der Waals surface area contributed by atoms with Crippen molar-refractivity contribution in [1.29, 1.82) is 0 Å². The number of nitrogens with one attached hydrogen (secondary N) is 2. The van der Waals surface area contributed by atoms with E-state index >= 15 is 0 Å². The third kappa shape index (κ3) is 4.85. The predicted molar refractivity (Wildman–Crippen MR) is 102 cm³/mol. The van der Waals surface area contributed by atoms with Gasteiger partial charge in [-0.3, -0.25) is 9.59 Å². The zero-order valence-corrected chi connectivity index (χ0v) is 14.5. The van der Waals surface area contributed by atoms with E-state index in [2.05, 4.69) is 15.8 Å². The van der Waals surface area contributed by atoms with Gasteiger partial charge in [0.15, 0.2) is 0 Å². The summed E-state index contributed by atoms with van der Waals surface area (Å²) in [7, 11) is 0. The van der Waals surface area contributed by atoms with Crippen LogP contribution >= 0.6 is 0 Å². The first-order valence-electron chi connectivity index (χ1n) is 8.28. The Balaban J connectivity index is 1.65. The SMILES string of the molecule is O=C(NN=Cc1ccccc1F)c1cccc(NC(=O)c2ccc(F)cc2)c1. The molecule has 0 aliphatic rings. The molecule has 0 saturated carbocycles. The average molecular weight is 379 g/mol. The second-order valence-electron chi connectivity index (χ2n) is 5.76. The molecule has 140 valence electrons. The summed E-state index contributed by atoms with van der Waals surface area (Å²) in [6.07, 6.45) is 1.20. The van der Waals surface area contributed by atoms with Crippen LogP contribution in [0.25, 0.3) is 0 Å². The smallest absolute Gasteiger partial charge is 0.271 e. The molecule has 0 aliphatic heterocycles. The van der Waals surface area contributed by atoms with Crippen LogP contribution in [0.5, 0.6) is 0 Å². The molecule has 0 saturated heterocycles. The van der Waals surface area contributed by atoms with E-state index in [9.17, 15) is 18.4 Å². The van der Waals surface area contributed by atoms with Gasteiger partial charge in [-0.1, -0.05) is 24.3 Å². The highest BCUT2D eigenvalue weighted by Gasteiger charge is 2.09. The van der Waals surface area contributed by atoms with Crippen molar-refractivity contribution in [3.05, 3.63) is 101 Å². The van der Waals surface area contributed by atoms with Gasteiger partial charge in [0, 0.05) is 22.4 Å². The molecule has 0 unspecified atom stereocenters. The number of anilines is 1. The van der Waals surface area contributed by atoms with Gasteiger partial charge in [-0.2, -0.15) is 5.10 Å². The van der Waals surface area contributed by atoms with E-state index in [-0.39, 0.29) is 16.7 Å². The van der Waals surface area contributed by atoms with Crippen LogP contribution < -0.4 is 10.7 Å². The second-order valence-corrected chi connectivity index (χ2v) is 5.76. The Bertz CT molecular complexity index is 1030. The molecule has 0 radical (unpaired) electrons. The molecule has 0 fully saturated rings. The lowest BCUT2D eigenvalue weighted by atomic mass is 10.1. The summed E-state index contributed by atoms with van der Waals surface area (Å²) in [4.78, 5) is 24.4. The maximum Gasteiger partial charge on any atom is 0.271 e. The van der Waals surface area contributed by atoms with E-state index in [1.54, 1.807) is 30.3 Å². The molecule has 0 bridgehead atoms. The molecule has 3 aromatic carbocycles. The van der Waals surface area contributed by atoms with Crippen LogP contribution in [0.15, 0.2) is 77.9 Å². The summed E-state index contributed by atoms with van der Waals surface area (Å²) < 4.78 is 26.5. The minimum absolute atomic E-state index is 0.239. The number of halogens is 2. The van der Waals surface area contributed by atoms with Crippen molar-refractivity contribution in [3.8, 4) is 0 Å². The van der Waals surface area contributed by atoms with Crippen LogP contribution in [0.1, 0.15) is 26.3 Å². The van der Waals surface area contributed by atoms with Crippen molar-refractivity contribution < 1.29 is 18.4 Å². The van der Waals surface area contributed by atoms with Crippen LogP contribution in [0.3, 0.4) is 0 Å².